The molecule has 2 aliphatic heterocycles. The summed E-state index contributed by atoms with van der Waals surface area (Å²) in [5.74, 6) is 2.08. The molecule has 0 aromatic rings. The van der Waals surface area contributed by atoms with Gasteiger partial charge in [0.25, 0.3) is 0 Å². The van der Waals surface area contributed by atoms with E-state index in [4.69, 9.17) is 15.5 Å². The Bertz CT molecular complexity index is 399. The Labute approximate surface area is 145 Å². The molecule has 3 fully saturated rings. The fraction of sp³-hybridized carbons (Fsp3) is 0.938. The Morgan fingerprint density at radius 3 is 2.76 bits per heavy atom. The molecule has 2 saturated heterocycles. The van der Waals surface area contributed by atoms with Crippen molar-refractivity contribution in [1.82, 2.24) is 4.90 Å². The number of halogens is 1. The summed E-state index contributed by atoms with van der Waals surface area (Å²) >= 11 is 0. The fourth-order valence-corrected chi connectivity index (χ4v) is 4.38. The van der Waals surface area contributed by atoms with Crippen LogP contribution in [0.2, 0.25) is 0 Å². The van der Waals surface area contributed by atoms with Crippen LogP contribution in [0.15, 0.2) is 4.99 Å². The van der Waals surface area contributed by atoms with Gasteiger partial charge in [0.05, 0.1) is 12.1 Å². The molecule has 122 valence electrons. The first-order chi connectivity index (χ1) is 9.50. The highest BCUT2D eigenvalue weighted by Gasteiger charge is 2.58. The first-order valence-electron chi connectivity index (χ1n) is 8.20. The molecule has 4 nitrogen and oxygen atoms in total. The first kappa shape index (κ1) is 17.3. The van der Waals surface area contributed by atoms with Crippen molar-refractivity contribution in [3.63, 3.8) is 0 Å². The summed E-state index contributed by atoms with van der Waals surface area (Å²) in [4.78, 5) is 7.20. The average Bonchev–Trinajstić information content (AvgIpc) is 2.44. The van der Waals surface area contributed by atoms with Gasteiger partial charge in [-0.25, -0.2) is 4.99 Å². The van der Waals surface area contributed by atoms with Crippen LogP contribution >= 0.6 is 24.0 Å². The Balaban J connectivity index is 0.00000161. The zero-order valence-electron chi connectivity index (χ0n) is 13.5. The maximum absolute atomic E-state index is 6.30. The van der Waals surface area contributed by atoms with Crippen molar-refractivity contribution in [2.45, 2.75) is 58.6 Å². The summed E-state index contributed by atoms with van der Waals surface area (Å²) < 4.78 is 5.94. The van der Waals surface area contributed by atoms with Gasteiger partial charge < -0.3 is 15.4 Å². The van der Waals surface area contributed by atoms with Gasteiger partial charge in [0.15, 0.2) is 5.96 Å². The topological polar surface area (TPSA) is 50.8 Å². The number of fused-ring (bicyclic) bond motifs is 1. The van der Waals surface area contributed by atoms with Crippen LogP contribution in [0.1, 0.15) is 46.5 Å². The third-order valence-corrected chi connectivity index (χ3v) is 5.52. The summed E-state index contributed by atoms with van der Waals surface area (Å²) in [6, 6.07) is 0.338. The molecule has 5 heteroatoms. The number of rotatable bonds is 1. The smallest absolute Gasteiger partial charge is 0.191 e. The molecule has 2 heterocycles. The minimum atomic E-state index is 0. The molecule has 4 atom stereocenters. The van der Waals surface area contributed by atoms with Crippen LogP contribution in [-0.4, -0.2) is 42.7 Å². The standard InChI is InChI=1S/C16H29N3O.HI/c1-11-6-4-8-19(10-11)15(17)18-13-12-7-5-9-20-14(12)16(13,2)3;/h11-14H,4-10H2,1-3H3,(H2,17,18);1H. The van der Waals surface area contributed by atoms with E-state index in [9.17, 15) is 0 Å². The normalized spacial score (nSPS) is 39.0. The minimum absolute atomic E-state index is 0. The van der Waals surface area contributed by atoms with Crippen molar-refractivity contribution >= 4 is 29.9 Å². The van der Waals surface area contributed by atoms with Gasteiger partial charge in [0.1, 0.15) is 0 Å². The Kier molecular flexibility index (Phi) is 5.45. The number of hydrogen-bond acceptors (Lipinski definition) is 2. The number of nitrogens with zero attached hydrogens (tertiary/aromatic N) is 2. The molecule has 0 aromatic heterocycles. The minimum Gasteiger partial charge on any atom is -0.377 e. The van der Waals surface area contributed by atoms with Crippen LogP contribution in [0.5, 0.6) is 0 Å². The number of ether oxygens (including phenoxy) is 1. The van der Waals surface area contributed by atoms with Gasteiger partial charge in [-0.15, -0.1) is 24.0 Å². The molecule has 1 aliphatic carbocycles. The maximum atomic E-state index is 6.30. The first-order valence-corrected chi connectivity index (χ1v) is 8.20. The monoisotopic (exact) mass is 407 g/mol. The number of hydrogen-bond donors (Lipinski definition) is 1. The molecule has 0 spiro atoms. The Hall–Kier alpha value is -0.0400. The van der Waals surface area contributed by atoms with E-state index >= 15 is 0 Å². The zero-order valence-corrected chi connectivity index (χ0v) is 15.9. The average molecular weight is 407 g/mol. The predicted molar refractivity (Wildman–Crippen MR) is 97.0 cm³/mol. The summed E-state index contributed by atoms with van der Waals surface area (Å²) in [6.07, 6.45) is 5.35. The van der Waals surface area contributed by atoms with Crippen molar-refractivity contribution in [3.8, 4) is 0 Å². The van der Waals surface area contributed by atoms with Crippen LogP contribution in [0.25, 0.3) is 0 Å². The highest BCUT2D eigenvalue weighted by atomic mass is 127. The fourth-order valence-electron chi connectivity index (χ4n) is 4.38. The van der Waals surface area contributed by atoms with Crippen LogP contribution in [0.4, 0.5) is 0 Å². The largest absolute Gasteiger partial charge is 0.377 e. The lowest BCUT2D eigenvalue weighted by molar-refractivity contribution is -0.182. The van der Waals surface area contributed by atoms with Crippen LogP contribution in [-0.2, 0) is 4.74 Å². The lowest BCUT2D eigenvalue weighted by Gasteiger charge is -2.58. The number of aliphatic imine (C=N–C) groups is 1. The number of likely N-dealkylation sites (tertiary alicyclic amines) is 1. The van der Waals surface area contributed by atoms with E-state index in [1.807, 2.05) is 0 Å². The van der Waals surface area contributed by atoms with Gasteiger partial charge in [-0.1, -0.05) is 20.8 Å². The van der Waals surface area contributed by atoms with Crippen molar-refractivity contribution in [3.05, 3.63) is 0 Å². The molecule has 1 saturated carbocycles. The molecule has 21 heavy (non-hydrogen) atoms. The predicted octanol–water partition coefficient (Wildman–Crippen LogP) is 2.85. The summed E-state index contributed by atoms with van der Waals surface area (Å²) in [5.41, 5.74) is 6.44. The highest BCUT2D eigenvalue weighted by molar-refractivity contribution is 14.0. The maximum Gasteiger partial charge on any atom is 0.191 e. The van der Waals surface area contributed by atoms with E-state index in [0.717, 1.165) is 31.6 Å². The van der Waals surface area contributed by atoms with Gasteiger partial charge in [0, 0.05) is 31.0 Å². The molecule has 4 unspecified atom stereocenters. The molecule has 0 bridgehead atoms. The van der Waals surface area contributed by atoms with Gasteiger partial charge in [-0.05, 0) is 31.6 Å². The lowest BCUT2D eigenvalue weighted by Crippen LogP contribution is -2.64. The van der Waals surface area contributed by atoms with E-state index in [2.05, 4.69) is 25.7 Å². The van der Waals surface area contributed by atoms with Crippen LogP contribution in [0.3, 0.4) is 0 Å². The summed E-state index contributed by atoms with van der Waals surface area (Å²) in [7, 11) is 0. The van der Waals surface area contributed by atoms with Crippen LogP contribution < -0.4 is 5.73 Å². The van der Waals surface area contributed by atoms with E-state index in [0.29, 0.717) is 18.1 Å². The third kappa shape index (κ3) is 3.19. The Morgan fingerprint density at radius 2 is 2.05 bits per heavy atom. The van der Waals surface area contributed by atoms with Gasteiger partial charge in [-0.3, -0.25) is 0 Å². The summed E-state index contributed by atoms with van der Waals surface area (Å²) in [6.45, 7) is 9.90. The van der Waals surface area contributed by atoms with E-state index < -0.39 is 0 Å². The SMILES string of the molecule is CC1CCCN(C(N)=NC2C3CCCOC3C2(C)C)C1.I. The second-order valence-corrected chi connectivity index (χ2v) is 7.54. The lowest BCUT2D eigenvalue weighted by atomic mass is 9.55. The third-order valence-electron chi connectivity index (χ3n) is 5.52. The van der Waals surface area contributed by atoms with Gasteiger partial charge in [0.2, 0.25) is 0 Å². The molecular formula is C16H30IN3O. The van der Waals surface area contributed by atoms with Crippen molar-refractivity contribution in [2.75, 3.05) is 19.7 Å². The summed E-state index contributed by atoms with van der Waals surface area (Å²) in [5, 5.41) is 0. The number of nitrogens with two attached hydrogens (primary N) is 1. The molecule has 0 radical (unpaired) electrons. The van der Waals surface area contributed by atoms with Gasteiger partial charge >= 0.3 is 0 Å². The molecule has 0 aromatic carbocycles. The van der Waals surface area contributed by atoms with E-state index in [1.54, 1.807) is 0 Å². The molecule has 3 aliphatic rings. The molecule has 0 amide bonds. The number of piperidine rings is 1. The number of guanidine groups is 1. The van der Waals surface area contributed by atoms with Gasteiger partial charge in [-0.2, -0.15) is 0 Å². The molecular weight excluding hydrogens is 377 g/mol. The Morgan fingerprint density at radius 1 is 1.29 bits per heavy atom. The second-order valence-electron chi connectivity index (χ2n) is 7.54. The highest BCUT2D eigenvalue weighted by Crippen LogP contribution is 2.53. The molecule has 3 rings (SSSR count). The van der Waals surface area contributed by atoms with Crippen molar-refractivity contribution in [2.24, 2.45) is 28.0 Å². The second kappa shape index (κ2) is 6.60. The van der Waals surface area contributed by atoms with E-state index in [1.165, 1.54) is 25.7 Å². The van der Waals surface area contributed by atoms with Crippen LogP contribution in [0, 0.1) is 17.3 Å². The van der Waals surface area contributed by atoms with E-state index in [-0.39, 0.29) is 29.4 Å². The zero-order chi connectivity index (χ0) is 14.3. The van der Waals surface area contributed by atoms with Crippen molar-refractivity contribution < 1.29 is 4.74 Å². The molecule has 2 N–H and O–H groups in total. The quantitative estimate of drug-likeness (QED) is 0.413. The van der Waals surface area contributed by atoms with Crippen molar-refractivity contribution in [1.29, 1.82) is 0 Å².